The molecule has 1 aliphatic rings. The highest BCUT2D eigenvalue weighted by Crippen LogP contribution is 2.12. The Kier molecular flexibility index (Phi) is 4.74. The van der Waals surface area contributed by atoms with Crippen LogP contribution in [0.2, 0.25) is 0 Å². The van der Waals surface area contributed by atoms with E-state index in [1.54, 1.807) is 4.90 Å². The molecule has 1 N–H and O–H groups in total. The third-order valence-corrected chi connectivity index (χ3v) is 3.56. The molecule has 5 heteroatoms. The van der Waals surface area contributed by atoms with E-state index in [1.165, 1.54) is 5.56 Å². The predicted octanol–water partition coefficient (Wildman–Crippen LogP) is 1.24. The number of amides is 1. The third kappa shape index (κ3) is 3.57. The van der Waals surface area contributed by atoms with Crippen molar-refractivity contribution in [3.8, 4) is 0 Å². The summed E-state index contributed by atoms with van der Waals surface area (Å²) in [6.45, 7) is 2.92. The zero-order valence-electron chi connectivity index (χ0n) is 11.5. The number of nitrogens with zero attached hydrogens (tertiary/aromatic N) is 1. The summed E-state index contributed by atoms with van der Waals surface area (Å²) >= 11 is 0. The van der Waals surface area contributed by atoms with E-state index in [0.717, 1.165) is 5.56 Å². The number of morpholine rings is 1. The minimum absolute atomic E-state index is 0.0113. The number of aryl methyl sites for hydroxylation is 2. The lowest BCUT2D eigenvalue weighted by molar-refractivity contribution is -0.159. The number of hydrogen-bond donors (Lipinski definition) is 1. The van der Waals surface area contributed by atoms with E-state index in [1.807, 2.05) is 31.2 Å². The number of hydrogen-bond acceptors (Lipinski definition) is 3. The summed E-state index contributed by atoms with van der Waals surface area (Å²) in [6, 6.07) is 7.97. The van der Waals surface area contributed by atoms with E-state index < -0.39 is 12.1 Å². The Morgan fingerprint density at radius 3 is 2.85 bits per heavy atom. The highest BCUT2D eigenvalue weighted by molar-refractivity contribution is 5.78. The van der Waals surface area contributed by atoms with Crippen molar-refractivity contribution in [2.24, 2.45) is 0 Å². The Morgan fingerprint density at radius 2 is 2.15 bits per heavy atom. The second kappa shape index (κ2) is 6.52. The Balaban J connectivity index is 1.89. The average molecular weight is 277 g/mol. The quantitative estimate of drug-likeness (QED) is 0.899. The van der Waals surface area contributed by atoms with Crippen LogP contribution in [0.25, 0.3) is 0 Å². The average Bonchev–Trinajstić information content (AvgIpc) is 2.46. The number of carbonyl (C=O) groups is 2. The standard InChI is InChI=1S/C15H19NO4/c1-11-4-2-3-5-12(11)6-7-14(17)16-8-9-20-13(10-16)15(18)19/h2-5,13H,6-10H2,1H3,(H,18,19)/t13-/m1/s1. The Hall–Kier alpha value is -1.88. The molecule has 1 aromatic carbocycles. The number of carboxylic acid groups (broad SMARTS) is 1. The summed E-state index contributed by atoms with van der Waals surface area (Å²) < 4.78 is 5.11. The molecule has 2 rings (SSSR count). The van der Waals surface area contributed by atoms with Gasteiger partial charge in [-0.25, -0.2) is 4.79 Å². The van der Waals surface area contributed by atoms with Gasteiger partial charge in [0, 0.05) is 13.0 Å². The van der Waals surface area contributed by atoms with E-state index in [9.17, 15) is 9.59 Å². The van der Waals surface area contributed by atoms with Crippen molar-refractivity contribution in [1.82, 2.24) is 4.90 Å². The van der Waals surface area contributed by atoms with E-state index in [2.05, 4.69) is 0 Å². The van der Waals surface area contributed by atoms with Gasteiger partial charge in [0.15, 0.2) is 6.10 Å². The maximum Gasteiger partial charge on any atom is 0.334 e. The minimum Gasteiger partial charge on any atom is -0.479 e. The van der Waals surface area contributed by atoms with Crippen LogP contribution in [0.5, 0.6) is 0 Å². The van der Waals surface area contributed by atoms with Crippen LogP contribution in [0.3, 0.4) is 0 Å². The van der Waals surface area contributed by atoms with Gasteiger partial charge >= 0.3 is 5.97 Å². The van der Waals surface area contributed by atoms with Gasteiger partial charge in [0.1, 0.15) is 0 Å². The Morgan fingerprint density at radius 1 is 1.40 bits per heavy atom. The van der Waals surface area contributed by atoms with Crippen LogP contribution < -0.4 is 0 Å². The summed E-state index contributed by atoms with van der Waals surface area (Å²) in [5, 5.41) is 8.92. The first kappa shape index (κ1) is 14.5. The molecule has 1 aromatic rings. The third-order valence-electron chi connectivity index (χ3n) is 3.56. The lowest BCUT2D eigenvalue weighted by Crippen LogP contribution is -2.48. The maximum atomic E-state index is 12.1. The molecule has 1 amide bonds. The highest BCUT2D eigenvalue weighted by Gasteiger charge is 2.28. The molecule has 108 valence electrons. The van der Waals surface area contributed by atoms with Crippen molar-refractivity contribution in [3.05, 3.63) is 35.4 Å². The van der Waals surface area contributed by atoms with Crippen LogP contribution in [-0.2, 0) is 20.7 Å². The fourth-order valence-electron chi connectivity index (χ4n) is 2.32. The lowest BCUT2D eigenvalue weighted by atomic mass is 10.0. The minimum atomic E-state index is -1.01. The first-order chi connectivity index (χ1) is 9.58. The molecule has 1 saturated heterocycles. The van der Waals surface area contributed by atoms with Gasteiger partial charge in [-0.15, -0.1) is 0 Å². The van der Waals surface area contributed by atoms with Crippen molar-refractivity contribution in [2.45, 2.75) is 25.9 Å². The van der Waals surface area contributed by atoms with E-state index in [0.29, 0.717) is 19.4 Å². The number of aliphatic carboxylic acids is 1. The zero-order valence-corrected chi connectivity index (χ0v) is 11.5. The molecule has 0 aliphatic carbocycles. The Bertz CT molecular complexity index is 500. The van der Waals surface area contributed by atoms with Gasteiger partial charge in [-0.1, -0.05) is 24.3 Å². The second-order valence-electron chi connectivity index (χ2n) is 4.96. The molecular formula is C15H19NO4. The summed E-state index contributed by atoms with van der Waals surface area (Å²) in [7, 11) is 0. The van der Waals surface area contributed by atoms with Crippen LogP contribution in [0.1, 0.15) is 17.5 Å². The van der Waals surface area contributed by atoms with Gasteiger partial charge in [-0.05, 0) is 24.5 Å². The molecule has 0 unspecified atom stereocenters. The van der Waals surface area contributed by atoms with Gasteiger partial charge in [0.05, 0.1) is 13.2 Å². The molecule has 0 radical (unpaired) electrons. The predicted molar refractivity (Wildman–Crippen MR) is 73.5 cm³/mol. The summed E-state index contributed by atoms with van der Waals surface area (Å²) in [6.07, 6.45) is 0.184. The van der Waals surface area contributed by atoms with Crippen LogP contribution in [0, 0.1) is 6.92 Å². The van der Waals surface area contributed by atoms with Gasteiger partial charge < -0.3 is 14.7 Å². The first-order valence-corrected chi connectivity index (χ1v) is 6.74. The van der Waals surface area contributed by atoms with Crippen molar-refractivity contribution < 1.29 is 19.4 Å². The van der Waals surface area contributed by atoms with E-state index in [4.69, 9.17) is 9.84 Å². The molecule has 1 fully saturated rings. The molecule has 0 bridgehead atoms. The maximum absolute atomic E-state index is 12.1. The monoisotopic (exact) mass is 277 g/mol. The van der Waals surface area contributed by atoms with Crippen molar-refractivity contribution in [1.29, 1.82) is 0 Å². The fraction of sp³-hybridized carbons (Fsp3) is 0.467. The van der Waals surface area contributed by atoms with Gasteiger partial charge in [0.25, 0.3) is 0 Å². The molecule has 1 aliphatic heterocycles. The number of carbonyl (C=O) groups excluding carboxylic acids is 1. The zero-order chi connectivity index (χ0) is 14.5. The molecule has 1 heterocycles. The normalized spacial score (nSPS) is 18.9. The molecule has 0 aromatic heterocycles. The van der Waals surface area contributed by atoms with Crippen LogP contribution in [0.15, 0.2) is 24.3 Å². The number of rotatable bonds is 4. The van der Waals surface area contributed by atoms with Gasteiger partial charge in [0.2, 0.25) is 5.91 Å². The summed E-state index contributed by atoms with van der Waals surface area (Å²) in [5.41, 5.74) is 2.33. The summed E-state index contributed by atoms with van der Waals surface area (Å²) in [4.78, 5) is 24.6. The molecule has 1 atom stereocenters. The van der Waals surface area contributed by atoms with Crippen LogP contribution in [0.4, 0.5) is 0 Å². The van der Waals surface area contributed by atoms with Crippen molar-refractivity contribution in [3.63, 3.8) is 0 Å². The van der Waals surface area contributed by atoms with E-state index in [-0.39, 0.29) is 19.1 Å². The van der Waals surface area contributed by atoms with Gasteiger partial charge in [-0.2, -0.15) is 0 Å². The first-order valence-electron chi connectivity index (χ1n) is 6.74. The molecule has 0 saturated carbocycles. The van der Waals surface area contributed by atoms with Gasteiger partial charge in [-0.3, -0.25) is 4.79 Å². The molecule has 5 nitrogen and oxygen atoms in total. The molecule has 20 heavy (non-hydrogen) atoms. The van der Waals surface area contributed by atoms with Crippen molar-refractivity contribution in [2.75, 3.05) is 19.7 Å². The van der Waals surface area contributed by atoms with Crippen molar-refractivity contribution >= 4 is 11.9 Å². The molecular weight excluding hydrogens is 258 g/mol. The fourth-order valence-corrected chi connectivity index (χ4v) is 2.32. The Labute approximate surface area is 118 Å². The largest absolute Gasteiger partial charge is 0.479 e. The number of ether oxygens (including phenoxy) is 1. The van der Waals surface area contributed by atoms with E-state index >= 15 is 0 Å². The SMILES string of the molecule is Cc1ccccc1CCC(=O)N1CCO[C@@H](C(=O)O)C1. The molecule has 0 spiro atoms. The smallest absolute Gasteiger partial charge is 0.334 e. The summed E-state index contributed by atoms with van der Waals surface area (Å²) in [5.74, 6) is -1.02. The lowest BCUT2D eigenvalue weighted by Gasteiger charge is -2.31. The van der Waals surface area contributed by atoms with Crippen LogP contribution in [-0.4, -0.2) is 47.7 Å². The number of carboxylic acids is 1. The van der Waals surface area contributed by atoms with Crippen LogP contribution >= 0.6 is 0 Å². The second-order valence-corrected chi connectivity index (χ2v) is 4.96. The topological polar surface area (TPSA) is 66.8 Å². The highest BCUT2D eigenvalue weighted by atomic mass is 16.5. The number of benzene rings is 1.